The molecule has 0 N–H and O–H groups in total. The average Bonchev–Trinajstić information content (AvgIpc) is 2.40. The van der Waals surface area contributed by atoms with Crippen molar-refractivity contribution in [2.45, 2.75) is 20.3 Å². The summed E-state index contributed by atoms with van der Waals surface area (Å²) in [5, 5.41) is 0. The van der Waals surface area contributed by atoms with E-state index < -0.39 is 0 Å². The minimum Gasteiger partial charge on any atom is -0.251 e. The van der Waals surface area contributed by atoms with Crippen LogP contribution in [0, 0.1) is 5.41 Å². The molecule has 0 spiro atoms. The molecule has 0 fully saturated rings. The molecule has 3 nitrogen and oxygen atoms in total. The number of allylic oxidation sites excluding steroid dienone is 1. The predicted molar refractivity (Wildman–Crippen MR) is 57.6 cm³/mol. The minimum atomic E-state index is 0.0301. The van der Waals surface area contributed by atoms with Crippen molar-refractivity contribution in [3.05, 3.63) is 24.2 Å². The number of rotatable bonds is 1. The molecule has 1 atom stereocenters. The first-order chi connectivity index (χ1) is 6.73. The Kier molecular flexibility index (Phi) is 2.15. The molecule has 0 radical (unpaired) electrons. The zero-order valence-corrected chi connectivity index (χ0v) is 8.44. The highest BCUT2D eigenvalue weighted by molar-refractivity contribution is 5.77. The SMILES string of the molecule is CCC1(C)C=Cc2nccnc2N=C1. The van der Waals surface area contributed by atoms with Crippen LogP contribution < -0.4 is 0 Å². The van der Waals surface area contributed by atoms with Gasteiger partial charge in [0, 0.05) is 24.0 Å². The quantitative estimate of drug-likeness (QED) is 0.677. The summed E-state index contributed by atoms with van der Waals surface area (Å²) in [4.78, 5) is 12.7. The lowest BCUT2D eigenvalue weighted by Crippen LogP contribution is -2.12. The third-order valence-corrected chi connectivity index (χ3v) is 2.57. The number of aromatic nitrogens is 2. The van der Waals surface area contributed by atoms with Crippen molar-refractivity contribution in [3.63, 3.8) is 0 Å². The molecule has 1 aromatic heterocycles. The number of nitrogens with zero attached hydrogens (tertiary/aromatic N) is 3. The summed E-state index contributed by atoms with van der Waals surface area (Å²) < 4.78 is 0. The second-order valence-corrected chi connectivity index (χ2v) is 3.72. The van der Waals surface area contributed by atoms with E-state index in [1.165, 1.54) is 0 Å². The largest absolute Gasteiger partial charge is 0.251 e. The summed E-state index contributed by atoms with van der Waals surface area (Å²) in [6.45, 7) is 4.30. The standard InChI is InChI=1S/C11H13N3/c1-3-11(2)5-4-9-10(14-8-11)13-7-6-12-9/h4-8H,3H2,1-2H3. The Labute approximate surface area is 83.6 Å². The zero-order chi connectivity index (χ0) is 10.0. The van der Waals surface area contributed by atoms with Gasteiger partial charge in [0.2, 0.25) is 0 Å². The first-order valence-electron chi connectivity index (χ1n) is 4.79. The van der Waals surface area contributed by atoms with E-state index in [2.05, 4.69) is 34.9 Å². The molecule has 2 heterocycles. The fourth-order valence-corrected chi connectivity index (χ4v) is 1.29. The van der Waals surface area contributed by atoms with Gasteiger partial charge < -0.3 is 0 Å². The average molecular weight is 187 g/mol. The molecule has 0 bridgehead atoms. The molecule has 0 amide bonds. The highest BCUT2D eigenvalue weighted by Gasteiger charge is 2.18. The summed E-state index contributed by atoms with van der Waals surface area (Å²) in [6.07, 6.45) is 10.5. The molecular weight excluding hydrogens is 174 g/mol. The van der Waals surface area contributed by atoms with Gasteiger partial charge in [-0.3, -0.25) is 4.98 Å². The van der Waals surface area contributed by atoms with Crippen molar-refractivity contribution >= 4 is 18.1 Å². The van der Waals surface area contributed by atoms with E-state index in [9.17, 15) is 0 Å². The van der Waals surface area contributed by atoms with Gasteiger partial charge in [0.1, 0.15) is 5.69 Å². The van der Waals surface area contributed by atoms with Crippen LogP contribution in [0.15, 0.2) is 23.5 Å². The van der Waals surface area contributed by atoms with Crippen molar-refractivity contribution in [1.29, 1.82) is 0 Å². The van der Waals surface area contributed by atoms with Crippen LogP contribution in [-0.4, -0.2) is 16.2 Å². The normalized spacial score (nSPS) is 24.4. The van der Waals surface area contributed by atoms with Gasteiger partial charge in [-0.05, 0) is 12.5 Å². The Morgan fingerprint density at radius 3 is 2.86 bits per heavy atom. The summed E-state index contributed by atoms with van der Waals surface area (Å²) in [7, 11) is 0. The van der Waals surface area contributed by atoms with Gasteiger partial charge in [0.15, 0.2) is 5.82 Å². The van der Waals surface area contributed by atoms with Crippen molar-refractivity contribution in [3.8, 4) is 0 Å². The second kappa shape index (κ2) is 3.33. The van der Waals surface area contributed by atoms with Crippen LogP contribution in [0.25, 0.3) is 6.08 Å². The monoisotopic (exact) mass is 187 g/mol. The highest BCUT2D eigenvalue weighted by atomic mass is 14.9. The van der Waals surface area contributed by atoms with E-state index in [1.54, 1.807) is 12.4 Å². The lowest BCUT2D eigenvalue weighted by Gasteiger charge is -2.16. The van der Waals surface area contributed by atoms with Crippen LogP contribution in [0.1, 0.15) is 26.0 Å². The Morgan fingerprint density at radius 1 is 1.29 bits per heavy atom. The topological polar surface area (TPSA) is 38.1 Å². The second-order valence-electron chi connectivity index (χ2n) is 3.72. The maximum atomic E-state index is 4.35. The van der Waals surface area contributed by atoms with E-state index in [-0.39, 0.29) is 5.41 Å². The number of hydrogen-bond acceptors (Lipinski definition) is 3. The van der Waals surface area contributed by atoms with Crippen LogP contribution in [0.5, 0.6) is 0 Å². The molecule has 14 heavy (non-hydrogen) atoms. The van der Waals surface area contributed by atoms with Gasteiger partial charge >= 0.3 is 0 Å². The molecule has 0 aromatic carbocycles. The smallest absolute Gasteiger partial charge is 0.177 e. The van der Waals surface area contributed by atoms with Crippen molar-refractivity contribution in [2.24, 2.45) is 10.4 Å². The molecular formula is C11H13N3. The van der Waals surface area contributed by atoms with Crippen LogP contribution in [0.3, 0.4) is 0 Å². The van der Waals surface area contributed by atoms with Gasteiger partial charge in [-0.15, -0.1) is 0 Å². The molecule has 0 saturated heterocycles. The van der Waals surface area contributed by atoms with Gasteiger partial charge in [0.05, 0.1) is 0 Å². The Balaban J connectivity index is 2.47. The third kappa shape index (κ3) is 1.58. The molecule has 3 heteroatoms. The Morgan fingerprint density at radius 2 is 2.07 bits per heavy atom. The van der Waals surface area contributed by atoms with Crippen LogP contribution >= 0.6 is 0 Å². The molecule has 72 valence electrons. The molecule has 0 aliphatic carbocycles. The van der Waals surface area contributed by atoms with E-state index >= 15 is 0 Å². The van der Waals surface area contributed by atoms with E-state index in [0.29, 0.717) is 5.82 Å². The number of fused-ring (bicyclic) bond motifs is 1. The van der Waals surface area contributed by atoms with Crippen molar-refractivity contribution < 1.29 is 0 Å². The first-order valence-corrected chi connectivity index (χ1v) is 4.79. The summed E-state index contributed by atoms with van der Waals surface area (Å²) >= 11 is 0. The van der Waals surface area contributed by atoms with Gasteiger partial charge in [-0.1, -0.05) is 19.9 Å². The van der Waals surface area contributed by atoms with Gasteiger partial charge in [0.25, 0.3) is 0 Å². The molecule has 2 rings (SSSR count). The maximum absolute atomic E-state index is 4.35. The van der Waals surface area contributed by atoms with Crippen molar-refractivity contribution in [2.75, 3.05) is 0 Å². The highest BCUT2D eigenvalue weighted by Crippen LogP contribution is 2.27. The van der Waals surface area contributed by atoms with Crippen LogP contribution in [-0.2, 0) is 0 Å². The van der Waals surface area contributed by atoms with Crippen molar-refractivity contribution in [1.82, 2.24) is 9.97 Å². The molecule has 1 aliphatic heterocycles. The lowest BCUT2D eigenvalue weighted by atomic mass is 9.89. The Hall–Kier alpha value is -1.51. The predicted octanol–water partition coefficient (Wildman–Crippen LogP) is 2.62. The fourth-order valence-electron chi connectivity index (χ4n) is 1.29. The number of hydrogen-bond donors (Lipinski definition) is 0. The number of aliphatic imine (C=N–C) groups is 1. The molecule has 1 unspecified atom stereocenters. The summed E-state index contributed by atoms with van der Waals surface area (Å²) in [6, 6.07) is 0. The van der Waals surface area contributed by atoms with Gasteiger partial charge in [-0.2, -0.15) is 0 Å². The summed E-state index contributed by atoms with van der Waals surface area (Å²) in [5.41, 5.74) is 0.878. The van der Waals surface area contributed by atoms with E-state index in [1.807, 2.05) is 12.3 Å². The molecule has 1 aromatic rings. The van der Waals surface area contributed by atoms with Crippen LogP contribution in [0.4, 0.5) is 5.82 Å². The van der Waals surface area contributed by atoms with Crippen LogP contribution in [0.2, 0.25) is 0 Å². The van der Waals surface area contributed by atoms with E-state index in [4.69, 9.17) is 0 Å². The first kappa shape index (κ1) is 9.06. The fraction of sp³-hybridized carbons (Fsp3) is 0.364. The maximum Gasteiger partial charge on any atom is 0.177 e. The third-order valence-electron chi connectivity index (χ3n) is 2.57. The zero-order valence-electron chi connectivity index (χ0n) is 8.44. The summed E-state index contributed by atoms with van der Waals surface area (Å²) in [5.74, 6) is 0.709. The molecule has 0 saturated carbocycles. The van der Waals surface area contributed by atoms with Gasteiger partial charge in [-0.25, -0.2) is 9.98 Å². The minimum absolute atomic E-state index is 0.0301. The lowest BCUT2D eigenvalue weighted by molar-refractivity contribution is 0.590. The molecule has 1 aliphatic rings. The van der Waals surface area contributed by atoms with E-state index in [0.717, 1.165) is 12.1 Å². The Bertz CT molecular complexity index is 360.